The Balaban J connectivity index is 0. The number of nitrogens with one attached hydrogen (secondary N) is 1. The van der Waals surface area contributed by atoms with Gasteiger partial charge in [0.15, 0.2) is 0 Å². The molecule has 0 aliphatic carbocycles. The zero-order valence-electron chi connectivity index (χ0n) is 15.6. The Morgan fingerprint density at radius 1 is 1.21 bits per heavy atom. The van der Waals surface area contributed by atoms with Gasteiger partial charge in [0.05, 0.1) is 12.5 Å². The number of hydrogen-bond donors (Lipinski definition) is 3. The Hall–Kier alpha value is -0.673. The largest absolute Gasteiger partial charge is 1.00 e. The van der Waals surface area contributed by atoms with Gasteiger partial charge in [-0.3, -0.25) is 4.79 Å². The zero-order valence-corrected chi connectivity index (χ0v) is 15.6. The van der Waals surface area contributed by atoms with Gasteiger partial charge in [0.1, 0.15) is 0 Å². The number of aliphatic hydroxyl groups is 1. The number of carboxylic acids is 1. The minimum Gasteiger partial charge on any atom is -0.874 e. The molecule has 0 fully saturated rings. The maximum atomic E-state index is 11.8. The van der Waals surface area contributed by atoms with Gasteiger partial charge in [0.2, 0.25) is 0 Å². The number of rotatable bonds is 15. The first kappa shape index (κ1) is 25.6. The van der Waals surface area contributed by atoms with Gasteiger partial charge in [-0.15, -0.1) is 5.76 Å². The summed E-state index contributed by atoms with van der Waals surface area (Å²) in [5.41, 5.74) is 0. The predicted octanol–water partition coefficient (Wildman–Crippen LogP) is -1.70. The van der Waals surface area contributed by atoms with Crippen molar-refractivity contribution in [1.29, 1.82) is 0 Å². The van der Waals surface area contributed by atoms with Crippen LogP contribution in [0.2, 0.25) is 0 Å². The fourth-order valence-electron chi connectivity index (χ4n) is 2.13. The molecule has 0 aromatic rings. The van der Waals surface area contributed by atoms with E-state index in [1.165, 1.54) is 6.20 Å². The molecule has 1 unspecified atom stereocenters. The monoisotopic (exact) mass is 336 g/mol. The first-order chi connectivity index (χ1) is 11.0. The second-order valence-corrected chi connectivity index (χ2v) is 5.88. The molecule has 0 spiro atoms. The van der Waals surface area contributed by atoms with Crippen molar-refractivity contribution in [2.24, 2.45) is 0 Å². The molecular weight excluding hydrogens is 303 g/mol. The van der Waals surface area contributed by atoms with E-state index < -0.39 is 5.97 Å². The van der Waals surface area contributed by atoms with Crippen LogP contribution >= 0.6 is 0 Å². The summed E-state index contributed by atoms with van der Waals surface area (Å²) in [7, 11) is 0. The molecular formula is C17H33LiN2O4. The van der Waals surface area contributed by atoms with Crippen LogP contribution in [0.5, 0.6) is 0 Å². The number of aliphatic hydroxyl groups excluding tert-OH is 1. The van der Waals surface area contributed by atoms with Gasteiger partial charge in [-0.2, -0.15) is 0 Å². The molecule has 0 aromatic heterocycles. The third-order valence-corrected chi connectivity index (χ3v) is 3.56. The van der Waals surface area contributed by atoms with E-state index in [1.54, 1.807) is 4.90 Å². The second kappa shape index (κ2) is 17.2. The van der Waals surface area contributed by atoms with E-state index in [0.29, 0.717) is 32.6 Å². The summed E-state index contributed by atoms with van der Waals surface area (Å²) >= 11 is 0. The van der Waals surface area contributed by atoms with Crippen molar-refractivity contribution in [1.82, 2.24) is 10.2 Å². The smallest absolute Gasteiger partial charge is 0.874 e. The third-order valence-electron chi connectivity index (χ3n) is 3.56. The van der Waals surface area contributed by atoms with Crippen molar-refractivity contribution in [2.45, 2.75) is 64.9 Å². The number of hydrogen-bond acceptors (Lipinski definition) is 5. The molecule has 0 rings (SSSR count). The van der Waals surface area contributed by atoms with Crippen molar-refractivity contribution in [3.63, 3.8) is 0 Å². The Kier molecular flexibility index (Phi) is 18.3. The van der Waals surface area contributed by atoms with Crippen LogP contribution in [-0.4, -0.2) is 53.4 Å². The molecule has 0 saturated carbocycles. The van der Waals surface area contributed by atoms with E-state index >= 15 is 0 Å². The van der Waals surface area contributed by atoms with Crippen molar-refractivity contribution in [3.05, 3.63) is 12.0 Å². The molecule has 0 saturated heterocycles. The van der Waals surface area contributed by atoms with Crippen LogP contribution in [0.25, 0.3) is 0 Å². The summed E-state index contributed by atoms with van der Waals surface area (Å²) in [6, 6.07) is 0. The summed E-state index contributed by atoms with van der Waals surface area (Å²) in [4.78, 5) is 12.5. The second-order valence-electron chi connectivity index (χ2n) is 5.88. The number of aliphatic carboxylic acids is 1. The van der Waals surface area contributed by atoms with Gasteiger partial charge in [-0.1, -0.05) is 39.5 Å². The van der Waals surface area contributed by atoms with E-state index in [-0.39, 0.29) is 37.1 Å². The summed E-state index contributed by atoms with van der Waals surface area (Å²) in [6.07, 6.45) is 6.37. The number of unbranched alkanes of at least 4 members (excludes halogenated alkanes) is 2. The Morgan fingerprint density at radius 3 is 2.46 bits per heavy atom. The van der Waals surface area contributed by atoms with Gasteiger partial charge in [-0.05, 0) is 19.0 Å². The first-order valence-electron chi connectivity index (χ1n) is 8.71. The van der Waals surface area contributed by atoms with Gasteiger partial charge in [0.25, 0.3) is 0 Å². The summed E-state index contributed by atoms with van der Waals surface area (Å²) in [5, 5.41) is 33.5. The number of carbonyl (C=O) groups is 1. The van der Waals surface area contributed by atoms with Crippen molar-refractivity contribution < 1.29 is 39.0 Å². The molecule has 3 N–H and O–H groups in total. The van der Waals surface area contributed by atoms with Crippen molar-refractivity contribution in [3.8, 4) is 0 Å². The van der Waals surface area contributed by atoms with Gasteiger partial charge < -0.3 is 25.5 Å². The Labute approximate surface area is 158 Å². The quantitative estimate of drug-likeness (QED) is 0.187. The fraction of sp³-hybridized carbons (Fsp3) is 0.824. The maximum absolute atomic E-state index is 11.8. The van der Waals surface area contributed by atoms with Gasteiger partial charge in [0, 0.05) is 26.2 Å². The van der Waals surface area contributed by atoms with Gasteiger partial charge in [-0.25, -0.2) is 0 Å². The van der Waals surface area contributed by atoms with Crippen LogP contribution in [0.3, 0.4) is 0 Å². The van der Waals surface area contributed by atoms with Crippen LogP contribution in [0.15, 0.2) is 12.0 Å². The molecule has 0 bridgehead atoms. The minimum absolute atomic E-state index is 0. The standard InChI is InChI=1S/C17H34N2O4.Li/c1-3-5-7-15(20)13-18-10-12-19(11-9-17(22)23)14-16(21)8-6-4-2;/h14-15,18,20-21H,3-13H2,1-2H3,(H,22,23);/q;+1/p-1/b16-14-;. The molecule has 0 amide bonds. The Bertz CT molecular complexity index is 341. The van der Waals surface area contributed by atoms with Crippen LogP contribution in [0.1, 0.15) is 58.8 Å². The minimum atomic E-state index is -0.868. The first-order valence-corrected chi connectivity index (χ1v) is 8.71. The molecule has 0 aliphatic rings. The van der Waals surface area contributed by atoms with Crippen LogP contribution < -0.4 is 29.3 Å². The van der Waals surface area contributed by atoms with Crippen LogP contribution in [0.4, 0.5) is 0 Å². The van der Waals surface area contributed by atoms with E-state index in [4.69, 9.17) is 5.11 Å². The number of allylic oxidation sites excluding steroid dienone is 1. The summed E-state index contributed by atoms with van der Waals surface area (Å²) in [5.74, 6) is -0.826. The van der Waals surface area contributed by atoms with E-state index in [2.05, 4.69) is 12.2 Å². The zero-order chi connectivity index (χ0) is 17.5. The molecule has 0 heterocycles. The summed E-state index contributed by atoms with van der Waals surface area (Å²) < 4.78 is 0. The topological polar surface area (TPSA) is 95.9 Å². The van der Waals surface area contributed by atoms with Crippen LogP contribution in [-0.2, 0) is 4.79 Å². The normalized spacial score (nSPS) is 12.5. The van der Waals surface area contributed by atoms with E-state index in [1.807, 2.05) is 6.92 Å². The molecule has 0 radical (unpaired) electrons. The fourth-order valence-corrected chi connectivity index (χ4v) is 2.13. The van der Waals surface area contributed by atoms with E-state index in [0.717, 1.165) is 32.1 Å². The van der Waals surface area contributed by atoms with Crippen molar-refractivity contribution >= 4 is 5.97 Å². The maximum Gasteiger partial charge on any atom is 1.00 e. The Morgan fingerprint density at radius 2 is 1.88 bits per heavy atom. The van der Waals surface area contributed by atoms with E-state index in [9.17, 15) is 15.0 Å². The molecule has 136 valence electrons. The third kappa shape index (κ3) is 16.2. The van der Waals surface area contributed by atoms with Crippen LogP contribution in [0, 0.1) is 0 Å². The van der Waals surface area contributed by atoms with Crippen molar-refractivity contribution in [2.75, 3.05) is 26.2 Å². The molecule has 7 heteroatoms. The molecule has 24 heavy (non-hydrogen) atoms. The molecule has 1 atom stereocenters. The SMILES string of the molecule is CCCC/C([O-])=C/N(CCNCC(O)CCCC)CCC(=O)O.[Li+]. The predicted molar refractivity (Wildman–Crippen MR) is 89.8 cm³/mol. The summed E-state index contributed by atoms with van der Waals surface area (Å²) in [6.45, 7) is 6.14. The molecule has 6 nitrogen and oxygen atoms in total. The molecule has 0 aliphatic heterocycles. The molecule has 0 aromatic carbocycles. The number of nitrogens with zero attached hydrogens (tertiary/aromatic N) is 1. The average Bonchev–Trinajstić information content (AvgIpc) is 2.52. The average molecular weight is 336 g/mol. The number of carboxylic acid groups (broad SMARTS) is 1. The van der Waals surface area contributed by atoms with Gasteiger partial charge >= 0.3 is 24.8 Å².